The van der Waals surface area contributed by atoms with Crippen LogP contribution in [0.3, 0.4) is 0 Å². The van der Waals surface area contributed by atoms with Gasteiger partial charge in [-0.1, -0.05) is 0 Å². The molecule has 134 valence electrons. The maximum absolute atomic E-state index is 12.7. The van der Waals surface area contributed by atoms with Crippen molar-refractivity contribution < 1.29 is 14.3 Å². The van der Waals surface area contributed by atoms with Crippen molar-refractivity contribution in [3.8, 4) is 11.5 Å². The van der Waals surface area contributed by atoms with E-state index in [9.17, 15) is 4.79 Å². The molecular formula is C18H22ClN3O3. The van der Waals surface area contributed by atoms with Gasteiger partial charge in [-0.25, -0.2) is 4.79 Å². The summed E-state index contributed by atoms with van der Waals surface area (Å²) in [4.78, 5) is 14.5. The number of amides is 2. The average molecular weight is 364 g/mol. The fraction of sp³-hybridized carbons (Fsp3) is 0.389. The molecule has 6 nitrogen and oxygen atoms in total. The summed E-state index contributed by atoms with van der Waals surface area (Å²) in [5.41, 5.74) is 1.97. The summed E-state index contributed by atoms with van der Waals surface area (Å²) >= 11 is 5.71. The van der Waals surface area contributed by atoms with Gasteiger partial charge < -0.3 is 24.3 Å². The molecule has 0 unspecified atom stereocenters. The largest absolute Gasteiger partial charge is 0.497 e. The molecule has 0 saturated heterocycles. The molecular weight excluding hydrogens is 342 g/mol. The van der Waals surface area contributed by atoms with Gasteiger partial charge in [0, 0.05) is 49.0 Å². The fourth-order valence-electron chi connectivity index (χ4n) is 3.23. The molecule has 2 heterocycles. The Labute approximate surface area is 152 Å². The van der Waals surface area contributed by atoms with E-state index in [-0.39, 0.29) is 12.1 Å². The van der Waals surface area contributed by atoms with Crippen molar-refractivity contribution in [2.45, 2.75) is 12.6 Å². The van der Waals surface area contributed by atoms with Crippen LogP contribution in [0.2, 0.25) is 0 Å². The van der Waals surface area contributed by atoms with E-state index in [1.165, 1.54) is 0 Å². The third-order valence-electron chi connectivity index (χ3n) is 4.41. The van der Waals surface area contributed by atoms with Gasteiger partial charge in [-0.15, -0.1) is 11.6 Å². The number of ether oxygens (including phenoxy) is 2. The van der Waals surface area contributed by atoms with Crippen molar-refractivity contribution in [2.75, 3.05) is 33.2 Å². The predicted molar refractivity (Wildman–Crippen MR) is 96.6 cm³/mol. The number of fused-ring (bicyclic) bond motifs is 1. The molecule has 3 rings (SSSR count). The monoisotopic (exact) mass is 363 g/mol. The number of rotatable bonds is 5. The molecule has 0 saturated carbocycles. The summed E-state index contributed by atoms with van der Waals surface area (Å²) in [5, 5.41) is 2.87. The van der Waals surface area contributed by atoms with Crippen molar-refractivity contribution >= 4 is 17.6 Å². The van der Waals surface area contributed by atoms with E-state index in [2.05, 4.69) is 9.88 Å². The van der Waals surface area contributed by atoms with Crippen LogP contribution in [0.15, 0.2) is 36.5 Å². The average Bonchev–Trinajstić information content (AvgIpc) is 3.13. The third kappa shape index (κ3) is 3.39. The van der Waals surface area contributed by atoms with E-state index in [4.69, 9.17) is 21.1 Å². The number of carbonyl (C=O) groups excluding carboxylic acids is 1. The number of alkyl halides is 1. The van der Waals surface area contributed by atoms with Crippen molar-refractivity contribution in [3.05, 3.63) is 47.8 Å². The van der Waals surface area contributed by atoms with Gasteiger partial charge in [-0.3, -0.25) is 0 Å². The third-order valence-corrected chi connectivity index (χ3v) is 4.59. The molecule has 7 heteroatoms. The Morgan fingerprint density at radius 2 is 2.12 bits per heavy atom. The number of benzene rings is 1. The molecule has 1 aromatic heterocycles. The standard InChI is InChI=1S/C18H22ClN3O3/c1-24-13-5-6-14(16(12-13)25-2)17-15-4-3-9-21(15)10-11-22(17)18(23)20-8-7-19/h3-6,9,12,17H,7-8,10-11H2,1-2H3,(H,20,23)/t17-/m1/s1. The molecule has 0 fully saturated rings. The lowest BCUT2D eigenvalue weighted by molar-refractivity contribution is 0.168. The summed E-state index contributed by atoms with van der Waals surface area (Å²) in [6, 6.07) is 9.34. The highest BCUT2D eigenvalue weighted by molar-refractivity contribution is 6.18. The molecule has 0 bridgehead atoms. The number of halogens is 1. The normalized spacial score (nSPS) is 16.3. The smallest absolute Gasteiger partial charge is 0.318 e. The summed E-state index contributed by atoms with van der Waals surface area (Å²) < 4.78 is 13.0. The van der Waals surface area contributed by atoms with Crippen LogP contribution in [0, 0.1) is 0 Å². The van der Waals surface area contributed by atoms with Crippen molar-refractivity contribution in [3.63, 3.8) is 0 Å². The SMILES string of the molecule is COc1ccc([C@@H]2c3cccn3CCN2C(=O)NCCCl)c(OC)c1. The molecule has 2 aromatic rings. The van der Waals surface area contributed by atoms with Gasteiger partial charge in [0.05, 0.1) is 14.2 Å². The molecule has 1 aromatic carbocycles. The summed E-state index contributed by atoms with van der Waals surface area (Å²) in [5.74, 6) is 1.78. The lowest BCUT2D eigenvalue weighted by Crippen LogP contribution is -2.47. The summed E-state index contributed by atoms with van der Waals surface area (Å²) in [7, 11) is 3.24. The Bertz CT molecular complexity index is 747. The van der Waals surface area contributed by atoms with Crippen LogP contribution in [0.25, 0.3) is 0 Å². The van der Waals surface area contributed by atoms with Crippen LogP contribution in [-0.2, 0) is 6.54 Å². The topological polar surface area (TPSA) is 55.7 Å². The second-order valence-corrected chi connectivity index (χ2v) is 6.13. The van der Waals surface area contributed by atoms with Crippen LogP contribution in [0.4, 0.5) is 4.79 Å². The number of aromatic nitrogens is 1. The second kappa shape index (κ2) is 7.70. The molecule has 1 N–H and O–H groups in total. The van der Waals surface area contributed by atoms with Crippen molar-refractivity contribution in [1.29, 1.82) is 0 Å². The minimum Gasteiger partial charge on any atom is -0.497 e. The summed E-state index contributed by atoms with van der Waals surface area (Å²) in [6.45, 7) is 1.80. The number of hydrogen-bond donors (Lipinski definition) is 1. The van der Waals surface area contributed by atoms with Crippen LogP contribution >= 0.6 is 11.6 Å². The van der Waals surface area contributed by atoms with Gasteiger partial charge in [0.25, 0.3) is 0 Å². The van der Waals surface area contributed by atoms with Gasteiger partial charge in [0.1, 0.15) is 17.5 Å². The van der Waals surface area contributed by atoms with E-state index in [1.54, 1.807) is 14.2 Å². The fourth-order valence-corrected chi connectivity index (χ4v) is 3.32. The zero-order valence-electron chi connectivity index (χ0n) is 14.4. The number of nitrogens with zero attached hydrogens (tertiary/aromatic N) is 2. The minimum absolute atomic E-state index is 0.129. The highest BCUT2D eigenvalue weighted by Gasteiger charge is 2.34. The first-order valence-electron chi connectivity index (χ1n) is 8.17. The number of methoxy groups -OCH3 is 2. The molecule has 0 aliphatic carbocycles. The van der Waals surface area contributed by atoms with Crippen molar-refractivity contribution in [1.82, 2.24) is 14.8 Å². The maximum Gasteiger partial charge on any atom is 0.318 e. The van der Waals surface area contributed by atoms with Gasteiger partial charge in [0.15, 0.2) is 0 Å². The molecule has 1 aliphatic rings. The number of urea groups is 1. The Morgan fingerprint density at radius 3 is 2.84 bits per heavy atom. The highest BCUT2D eigenvalue weighted by atomic mass is 35.5. The van der Waals surface area contributed by atoms with Gasteiger partial charge in [-0.2, -0.15) is 0 Å². The second-order valence-electron chi connectivity index (χ2n) is 5.75. The quantitative estimate of drug-likeness (QED) is 0.831. The predicted octanol–water partition coefficient (Wildman–Crippen LogP) is 2.86. The van der Waals surface area contributed by atoms with E-state index in [0.717, 1.165) is 17.8 Å². The minimum atomic E-state index is -0.236. The number of nitrogens with one attached hydrogen (secondary N) is 1. The first kappa shape index (κ1) is 17.5. The van der Waals surface area contributed by atoms with E-state index >= 15 is 0 Å². The van der Waals surface area contributed by atoms with Crippen LogP contribution in [-0.4, -0.2) is 48.7 Å². The van der Waals surface area contributed by atoms with Gasteiger partial charge in [-0.05, 0) is 24.3 Å². The Morgan fingerprint density at radius 1 is 1.28 bits per heavy atom. The van der Waals surface area contributed by atoms with Gasteiger partial charge >= 0.3 is 6.03 Å². The van der Waals surface area contributed by atoms with Gasteiger partial charge in [0.2, 0.25) is 0 Å². The number of carbonyl (C=O) groups is 1. The Balaban J connectivity index is 2.04. The van der Waals surface area contributed by atoms with Crippen LogP contribution < -0.4 is 14.8 Å². The van der Waals surface area contributed by atoms with Crippen molar-refractivity contribution in [2.24, 2.45) is 0 Å². The lowest BCUT2D eigenvalue weighted by Gasteiger charge is -2.37. The van der Waals surface area contributed by atoms with Crippen LogP contribution in [0.1, 0.15) is 17.3 Å². The number of hydrogen-bond acceptors (Lipinski definition) is 3. The zero-order chi connectivity index (χ0) is 17.8. The molecule has 25 heavy (non-hydrogen) atoms. The summed E-state index contributed by atoms with van der Waals surface area (Å²) in [6.07, 6.45) is 2.03. The maximum atomic E-state index is 12.7. The lowest BCUT2D eigenvalue weighted by atomic mass is 9.99. The van der Waals surface area contributed by atoms with E-state index in [1.807, 2.05) is 41.4 Å². The first-order chi connectivity index (χ1) is 12.2. The zero-order valence-corrected chi connectivity index (χ0v) is 15.1. The first-order valence-corrected chi connectivity index (χ1v) is 8.70. The molecule has 2 amide bonds. The molecule has 1 aliphatic heterocycles. The van der Waals surface area contributed by atoms with E-state index in [0.29, 0.717) is 30.5 Å². The Hall–Kier alpha value is -2.34. The van der Waals surface area contributed by atoms with Crippen LogP contribution in [0.5, 0.6) is 11.5 Å². The molecule has 0 spiro atoms. The van der Waals surface area contributed by atoms with E-state index < -0.39 is 0 Å². The Kier molecular flexibility index (Phi) is 5.38. The molecule has 1 atom stereocenters. The molecule has 0 radical (unpaired) electrons. The highest BCUT2D eigenvalue weighted by Crippen LogP contribution is 2.38.